The molecule has 0 atom stereocenters. The van der Waals surface area contributed by atoms with Gasteiger partial charge in [0.25, 0.3) is 0 Å². The molecule has 1 heterocycles. The van der Waals surface area contributed by atoms with Gasteiger partial charge in [0.05, 0.1) is 5.02 Å². The molecule has 0 spiro atoms. The van der Waals surface area contributed by atoms with E-state index in [1.165, 1.54) is 11.8 Å². The first-order valence-electron chi connectivity index (χ1n) is 6.48. The van der Waals surface area contributed by atoms with E-state index in [9.17, 15) is 4.39 Å². The third-order valence-electron chi connectivity index (χ3n) is 2.68. The molecule has 1 aromatic carbocycles. The Hall–Kier alpha value is -1.10. The molecular formula is C15H16ClFN2S. The summed E-state index contributed by atoms with van der Waals surface area (Å²) in [5, 5.41) is 4.40. The molecule has 0 aliphatic carbocycles. The van der Waals surface area contributed by atoms with Gasteiger partial charge in [0.2, 0.25) is 0 Å². The Labute approximate surface area is 127 Å². The molecule has 1 N–H and O–H groups in total. The quantitative estimate of drug-likeness (QED) is 0.794. The summed E-state index contributed by atoms with van der Waals surface area (Å²) in [6.45, 7) is 3.71. The van der Waals surface area contributed by atoms with E-state index < -0.39 is 0 Å². The minimum Gasteiger partial charge on any atom is -0.313 e. The zero-order valence-corrected chi connectivity index (χ0v) is 12.8. The lowest BCUT2D eigenvalue weighted by Gasteiger charge is -2.07. The predicted molar refractivity (Wildman–Crippen MR) is 81.8 cm³/mol. The Morgan fingerprint density at radius 1 is 1.35 bits per heavy atom. The van der Waals surface area contributed by atoms with E-state index in [1.807, 2.05) is 6.07 Å². The minimum absolute atomic E-state index is 0.243. The zero-order valence-electron chi connectivity index (χ0n) is 11.2. The second kappa shape index (κ2) is 7.62. The van der Waals surface area contributed by atoms with Crippen LogP contribution in [0.15, 0.2) is 46.5 Å². The van der Waals surface area contributed by atoms with E-state index in [0.717, 1.165) is 18.5 Å². The van der Waals surface area contributed by atoms with Crippen LogP contribution in [0.4, 0.5) is 4.39 Å². The number of nitrogens with one attached hydrogen (secondary N) is 1. The second-order valence-corrected chi connectivity index (χ2v) is 5.77. The highest BCUT2D eigenvalue weighted by molar-refractivity contribution is 7.99. The Balaban J connectivity index is 2.08. The summed E-state index contributed by atoms with van der Waals surface area (Å²) in [6.07, 6.45) is 2.71. The normalized spacial score (nSPS) is 10.8. The molecule has 106 valence electrons. The zero-order chi connectivity index (χ0) is 14.4. The molecular weight excluding hydrogens is 295 g/mol. The van der Waals surface area contributed by atoms with Crippen molar-refractivity contribution < 1.29 is 4.39 Å². The highest BCUT2D eigenvalue weighted by Crippen LogP contribution is 2.33. The number of nitrogens with zero attached hydrogens (tertiary/aromatic N) is 1. The van der Waals surface area contributed by atoms with Crippen molar-refractivity contribution in [1.82, 2.24) is 10.3 Å². The van der Waals surface area contributed by atoms with E-state index in [2.05, 4.69) is 17.2 Å². The Bertz CT molecular complexity index is 578. The predicted octanol–water partition coefficient (Wildman–Crippen LogP) is 4.52. The van der Waals surface area contributed by atoms with Crippen LogP contribution in [-0.2, 0) is 6.54 Å². The largest absolute Gasteiger partial charge is 0.313 e. The SMILES string of the molecule is CCCNCc1ccc(Sc2ncccc2Cl)c(F)c1. The van der Waals surface area contributed by atoms with Gasteiger partial charge < -0.3 is 5.32 Å². The summed E-state index contributed by atoms with van der Waals surface area (Å²) in [6, 6.07) is 8.75. The van der Waals surface area contributed by atoms with E-state index in [0.29, 0.717) is 21.5 Å². The van der Waals surface area contributed by atoms with Crippen molar-refractivity contribution in [3.05, 3.63) is 52.9 Å². The molecule has 0 radical (unpaired) electrons. The lowest BCUT2D eigenvalue weighted by molar-refractivity contribution is 0.595. The van der Waals surface area contributed by atoms with Crippen molar-refractivity contribution >= 4 is 23.4 Å². The maximum atomic E-state index is 14.1. The second-order valence-electron chi connectivity index (χ2n) is 4.33. The van der Waals surface area contributed by atoms with Crippen LogP contribution >= 0.6 is 23.4 Å². The van der Waals surface area contributed by atoms with Crippen molar-refractivity contribution in [2.45, 2.75) is 29.8 Å². The van der Waals surface area contributed by atoms with Crippen molar-refractivity contribution in [3.8, 4) is 0 Å². The van der Waals surface area contributed by atoms with Gasteiger partial charge in [0.1, 0.15) is 10.8 Å². The van der Waals surface area contributed by atoms with E-state index in [4.69, 9.17) is 11.6 Å². The minimum atomic E-state index is -0.243. The Morgan fingerprint density at radius 2 is 2.20 bits per heavy atom. The smallest absolute Gasteiger partial charge is 0.137 e. The van der Waals surface area contributed by atoms with Crippen LogP contribution in [-0.4, -0.2) is 11.5 Å². The van der Waals surface area contributed by atoms with Crippen LogP contribution in [0.2, 0.25) is 5.02 Å². The van der Waals surface area contributed by atoms with Crippen molar-refractivity contribution in [2.24, 2.45) is 0 Å². The van der Waals surface area contributed by atoms with Gasteiger partial charge in [-0.25, -0.2) is 9.37 Å². The maximum Gasteiger partial charge on any atom is 0.137 e. The molecule has 0 aliphatic rings. The van der Waals surface area contributed by atoms with E-state index in [-0.39, 0.29) is 5.82 Å². The molecule has 2 aromatic rings. The fourth-order valence-electron chi connectivity index (χ4n) is 1.70. The molecule has 0 unspecified atom stereocenters. The number of hydrogen-bond acceptors (Lipinski definition) is 3. The first-order valence-corrected chi connectivity index (χ1v) is 7.67. The van der Waals surface area contributed by atoms with Crippen LogP contribution in [0.1, 0.15) is 18.9 Å². The first kappa shape index (κ1) is 15.3. The van der Waals surface area contributed by atoms with Gasteiger partial charge in [-0.2, -0.15) is 0 Å². The number of benzene rings is 1. The van der Waals surface area contributed by atoms with Gasteiger partial charge in [0, 0.05) is 17.6 Å². The van der Waals surface area contributed by atoms with Gasteiger partial charge in [-0.05, 0) is 42.8 Å². The number of rotatable bonds is 6. The lowest BCUT2D eigenvalue weighted by Crippen LogP contribution is -2.13. The van der Waals surface area contributed by atoms with Gasteiger partial charge in [-0.15, -0.1) is 0 Å². The van der Waals surface area contributed by atoms with E-state index >= 15 is 0 Å². The van der Waals surface area contributed by atoms with Crippen molar-refractivity contribution in [3.63, 3.8) is 0 Å². The molecule has 0 amide bonds. The molecule has 2 nitrogen and oxygen atoms in total. The van der Waals surface area contributed by atoms with Crippen LogP contribution in [0.5, 0.6) is 0 Å². The highest BCUT2D eigenvalue weighted by atomic mass is 35.5. The summed E-state index contributed by atoms with van der Waals surface area (Å²) in [5.74, 6) is -0.243. The van der Waals surface area contributed by atoms with Gasteiger partial charge in [0.15, 0.2) is 0 Å². The van der Waals surface area contributed by atoms with Gasteiger partial charge in [-0.1, -0.05) is 36.4 Å². The topological polar surface area (TPSA) is 24.9 Å². The third kappa shape index (κ3) is 4.20. The molecule has 5 heteroatoms. The van der Waals surface area contributed by atoms with Crippen LogP contribution < -0.4 is 5.32 Å². The number of aromatic nitrogens is 1. The summed E-state index contributed by atoms with van der Waals surface area (Å²) >= 11 is 7.27. The van der Waals surface area contributed by atoms with Gasteiger partial charge in [-0.3, -0.25) is 0 Å². The fraction of sp³-hybridized carbons (Fsp3) is 0.267. The number of halogens is 2. The molecule has 20 heavy (non-hydrogen) atoms. The van der Waals surface area contributed by atoms with Gasteiger partial charge >= 0.3 is 0 Å². The Morgan fingerprint density at radius 3 is 2.90 bits per heavy atom. The molecule has 0 fully saturated rings. The summed E-state index contributed by atoms with van der Waals surface area (Å²) in [7, 11) is 0. The highest BCUT2D eigenvalue weighted by Gasteiger charge is 2.09. The molecule has 1 aromatic heterocycles. The summed E-state index contributed by atoms with van der Waals surface area (Å²) < 4.78 is 14.1. The molecule has 0 saturated carbocycles. The molecule has 2 rings (SSSR count). The standard InChI is InChI=1S/C15H16ClFN2S/c1-2-7-18-10-11-5-6-14(13(17)9-11)20-15-12(16)4-3-8-19-15/h3-6,8-9,18H,2,7,10H2,1H3. The van der Waals surface area contributed by atoms with E-state index in [1.54, 1.807) is 30.5 Å². The number of hydrogen-bond donors (Lipinski definition) is 1. The van der Waals surface area contributed by atoms with Crippen LogP contribution in [0.25, 0.3) is 0 Å². The fourth-order valence-corrected chi connectivity index (χ4v) is 2.71. The maximum absolute atomic E-state index is 14.1. The lowest BCUT2D eigenvalue weighted by atomic mass is 10.2. The van der Waals surface area contributed by atoms with Crippen LogP contribution in [0, 0.1) is 5.82 Å². The monoisotopic (exact) mass is 310 g/mol. The van der Waals surface area contributed by atoms with Crippen molar-refractivity contribution in [2.75, 3.05) is 6.54 Å². The molecule has 0 bridgehead atoms. The third-order valence-corrected chi connectivity index (χ3v) is 4.17. The average molecular weight is 311 g/mol. The summed E-state index contributed by atoms with van der Waals surface area (Å²) in [5.41, 5.74) is 0.937. The molecule has 0 aliphatic heterocycles. The van der Waals surface area contributed by atoms with Crippen molar-refractivity contribution in [1.29, 1.82) is 0 Å². The molecule has 0 saturated heterocycles. The number of pyridine rings is 1. The summed E-state index contributed by atoms with van der Waals surface area (Å²) in [4.78, 5) is 4.68. The Kier molecular flexibility index (Phi) is 5.83. The van der Waals surface area contributed by atoms with Crippen LogP contribution in [0.3, 0.4) is 0 Å². The average Bonchev–Trinajstić information content (AvgIpc) is 2.44. The first-order chi connectivity index (χ1) is 9.70.